The van der Waals surface area contributed by atoms with E-state index in [-0.39, 0.29) is 23.1 Å². The molecule has 1 aromatic heterocycles. The number of benzene rings is 3. The smallest absolute Gasteiger partial charge is 0.286 e. The Bertz CT molecular complexity index is 1540. The maximum absolute atomic E-state index is 13.3. The Morgan fingerprint density at radius 1 is 1.00 bits per heavy atom. The molecule has 0 atom stereocenters. The number of aromatic amines is 1. The van der Waals surface area contributed by atoms with Crippen LogP contribution in [0.2, 0.25) is 5.02 Å². The molecule has 1 aliphatic heterocycles. The van der Waals surface area contributed by atoms with Gasteiger partial charge in [-0.15, -0.1) is 0 Å². The molecule has 36 heavy (non-hydrogen) atoms. The van der Waals surface area contributed by atoms with Crippen LogP contribution >= 0.6 is 23.4 Å². The van der Waals surface area contributed by atoms with Gasteiger partial charge in [-0.25, -0.2) is 9.79 Å². The topological polar surface area (TPSA) is 99.6 Å². The van der Waals surface area contributed by atoms with E-state index >= 15 is 0 Å². The Kier molecular flexibility index (Phi) is 6.66. The number of aromatic nitrogens is 2. The zero-order valence-corrected chi connectivity index (χ0v) is 20.2. The van der Waals surface area contributed by atoms with Gasteiger partial charge < -0.3 is 0 Å². The highest BCUT2D eigenvalue weighted by Gasteiger charge is 2.35. The van der Waals surface area contributed by atoms with Crippen molar-refractivity contribution in [2.24, 2.45) is 4.99 Å². The van der Waals surface area contributed by atoms with Crippen LogP contribution in [0.15, 0.2) is 105 Å². The second kappa shape index (κ2) is 10.2. The summed E-state index contributed by atoms with van der Waals surface area (Å²) in [4.78, 5) is 44.7. The van der Waals surface area contributed by atoms with Gasteiger partial charge >= 0.3 is 11.3 Å². The molecule has 1 N–H and O–H groups in total. The Labute approximate surface area is 214 Å². The predicted molar refractivity (Wildman–Crippen MR) is 138 cm³/mol. The molecule has 0 unspecified atom stereocenters. The van der Waals surface area contributed by atoms with Crippen molar-refractivity contribution >= 4 is 52.0 Å². The summed E-state index contributed by atoms with van der Waals surface area (Å²) in [5.41, 5.74) is 1.23. The molecule has 8 nitrogen and oxygen atoms in total. The number of H-pyrrole nitrogens is 1. The Hall–Kier alpha value is -4.21. The molecule has 0 spiro atoms. The minimum absolute atomic E-state index is 0.140. The lowest BCUT2D eigenvalue weighted by Gasteiger charge is -2.17. The van der Waals surface area contributed by atoms with Crippen molar-refractivity contribution in [3.05, 3.63) is 117 Å². The zero-order valence-electron chi connectivity index (χ0n) is 18.6. The number of carbonyl (C=O) groups excluding carboxylic acids is 2. The number of hydrogen-bond acceptors (Lipinski definition) is 6. The predicted octanol–water partition coefficient (Wildman–Crippen LogP) is 4.26. The lowest BCUT2D eigenvalue weighted by atomic mass is 10.2. The molecule has 3 aromatic carbocycles. The number of thioether (sulfide) groups is 1. The number of amides is 1. The minimum atomic E-state index is -0.780. The third-order valence-electron chi connectivity index (χ3n) is 5.27. The van der Waals surface area contributed by atoms with Crippen molar-refractivity contribution in [3.8, 4) is 5.69 Å². The third-order valence-corrected chi connectivity index (χ3v) is 6.47. The number of nitrogens with one attached hydrogen (secondary N) is 1. The normalized spacial score (nSPS) is 14.4. The second-order valence-electron chi connectivity index (χ2n) is 7.66. The van der Waals surface area contributed by atoms with Gasteiger partial charge in [-0.3, -0.25) is 19.0 Å². The quantitative estimate of drug-likeness (QED) is 0.234. The number of aliphatic imine (C=N–C) groups is 1. The molecule has 0 bridgehead atoms. The van der Waals surface area contributed by atoms with Crippen molar-refractivity contribution in [1.82, 2.24) is 5.27 Å². The zero-order chi connectivity index (χ0) is 25.1. The molecular weight excluding hydrogens is 500 g/mol. The van der Waals surface area contributed by atoms with Gasteiger partial charge in [-0.2, -0.15) is 0 Å². The fraction of sp³-hybridized carbons (Fsp3) is 0.0385. The van der Waals surface area contributed by atoms with E-state index in [0.717, 1.165) is 17.3 Å². The van der Waals surface area contributed by atoms with Crippen LogP contribution in [-0.4, -0.2) is 27.9 Å². The molecule has 5 rings (SSSR count). The van der Waals surface area contributed by atoms with E-state index < -0.39 is 11.4 Å². The minimum Gasteiger partial charge on any atom is -0.286 e. The van der Waals surface area contributed by atoms with E-state index in [0.29, 0.717) is 21.6 Å². The number of anilines is 1. The van der Waals surface area contributed by atoms with Crippen molar-refractivity contribution in [2.75, 3.05) is 10.7 Å². The van der Waals surface area contributed by atoms with Crippen LogP contribution in [0.3, 0.4) is 0 Å². The molecule has 0 fully saturated rings. The van der Waals surface area contributed by atoms with E-state index in [1.807, 2.05) is 24.3 Å². The number of nitrogens with zero attached hydrogens (tertiary/aromatic N) is 3. The molecule has 1 amide bonds. The summed E-state index contributed by atoms with van der Waals surface area (Å²) in [5.74, 6) is -0.942. The van der Waals surface area contributed by atoms with Gasteiger partial charge in [0.1, 0.15) is 5.70 Å². The maximum atomic E-state index is 13.3. The van der Waals surface area contributed by atoms with Crippen LogP contribution in [0, 0.1) is 0 Å². The summed E-state index contributed by atoms with van der Waals surface area (Å²) in [6.45, 7) is 0. The average molecular weight is 518 g/mol. The molecule has 178 valence electrons. The van der Waals surface area contributed by atoms with E-state index in [2.05, 4.69) is 10.3 Å². The third kappa shape index (κ3) is 4.79. The van der Waals surface area contributed by atoms with Crippen LogP contribution < -0.4 is 15.2 Å². The van der Waals surface area contributed by atoms with Crippen LogP contribution in [0.1, 0.15) is 16.1 Å². The van der Waals surface area contributed by atoms with Crippen LogP contribution in [-0.2, 0) is 4.79 Å². The Morgan fingerprint density at radius 2 is 1.67 bits per heavy atom. The Balaban J connectivity index is 1.44. The first-order chi connectivity index (χ1) is 17.5. The highest BCUT2D eigenvalue weighted by Crippen LogP contribution is 2.29. The van der Waals surface area contributed by atoms with Gasteiger partial charge in [-0.05, 0) is 45.9 Å². The number of hydrogen-bond donors (Lipinski definition) is 1. The van der Waals surface area contributed by atoms with Crippen LogP contribution in [0.25, 0.3) is 11.8 Å². The Morgan fingerprint density at radius 3 is 2.36 bits per heavy atom. The SMILES string of the molecule is O=C(CSC1=N/C(=C/c2ccc(Cl)cc2)C(=O)N1c1ccccc1)c1c(=O)o[nH][n+]1-c1ccccc1. The van der Waals surface area contributed by atoms with Crippen molar-refractivity contribution < 1.29 is 18.8 Å². The standard InChI is InChI=1S/C26H17ClN4O4S/c27-18-13-11-17(12-14-18)15-21-24(33)30(19-7-3-1-4-8-19)26(28-21)36-16-22(32)23-25(34)35-29-31(23)20-9-5-2-6-10-20/h1-15H,16H2/p+1/b21-15+. The second-order valence-corrected chi connectivity index (χ2v) is 9.04. The molecule has 0 aliphatic carbocycles. The average Bonchev–Trinajstić information content (AvgIpc) is 3.44. The number of carbonyl (C=O) groups is 2. The fourth-order valence-electron chi connectivity index (χ4n) is 3.58. The first-order valence-corrected chi connectivity index (χ1v) is 12.2. The fourth-order valence-corrected chi connectivity index (χ4v) is 4.59. The van der Waals surface area contributed by atoms with Crippen molar-refractivity contribution in [1.29, 1.82) is 0 Å². The van der Waals surface area contributed by atoms with Gasteiger partial charge in [0.2, 0.25) is 11.5 Å². The summed E-state index contributed by atoms with van der Waals surface area (Å²) >= 11 is 7.03. The molecule has 0 radical (unpaired) electrons. The number of amidine groups is 1. The monoisotopic (exact) mass is 517 g/mol. The molecule has 0 saturated heterocycles. The summed E-state index contributed by atoms with van der Waals surface area (Å²) in [6, 6.07) is 24.9. The number of halogens is 1. The molecule has 2 heterocycles. The van der Waals surface area contributed by atoms with Gasteiger partial charge in [0.05, 0.1) is 11.4 Å². The molecule has 0 saturated carbocycles. The van der Waals surface area contributed by atoms with E-state index in [1.54, 1.807) is 66.7 Å². The molecule has 10 heteroatoms. The molecule has 1 aliphatic rings. The van der Waals surface area contributed by atoms with Crippen LogP contribution in [0.5, 0.6) is 0 Å². The van der Waals surface area contributed by atoms with Crippen molar-refractivity contribution in [2.45, 2.75) is 0 Å². The maximum Gasteiger partial charge on any atom is 0.438 e. The first kappa shape index (κ1) is 23.5. The summed E-state index contributed by atoms with van der Waals surface area (Å²) in [7, 11) is 0. The summed E-state index contributed by atoms with van der Waals surface area (Å²) in [6.07, 6.45) is 1.66. The van der Waals surface area contributed by atoms with Gasteiger partial charge in [0, 0.05) is 17.2 Å². The summed E-state index contributed by atoms with van der Waals surface area (Å²) in [5, 5.41) is 3.37. The number of rotatable bonds is 6. The van der Waals surface area contributed by atoms with Gasteiger partial charge in [0.15, 0.2) is 5.17 Å². The van der Waals surface area contributed by atoms with E-state index in [4.69, 9.17) is 16.1 Å². The van der Waals surface area contributed by atoms with E-state index in [1.165, 1.54) is 9.58 Å². The lowest BCUT2D eigenvalue weighted by molar-refractivity contribution is -0.672. The summed E-state index contributed by atoms with van der Waals surface area (Å²) < 4.78 is 6.18. The van der Waals surface area contributed by atoms with Gasteiger partial charge in [-0.1, -0.05) is 71.9 Å². The number of Topliss-reactive ketones (excluding diaryl/α,β-unsaturated/α-hetero) is 1. The largest absolute Gasteiger partial charge is 0.438 e. The number of ketones is 1. The molecule has 4 aromatic rings. The van der Waals surface area contributed by atoms with Crippen LogP contribution in [0.4, 0.5) is 5.69 Å². The van der Waals surface area contributed by atoms with Gasteiger partial charge in [0.25, 0.3) is 5.91 Å². The number of para-hydroxylation sites is 2. The van der Waals surface area contributed by atoms with Crippen molar-refractivity contribution in [3.63, 3.8) is 0 Å². The van der Waals surface area contributed by atoms with E-state index in [9.17, 15) is 14.4 Å². The lowest BCUT2D eigenvalue weighted by Crippen LogP contribution is -2.41. The highest BCUT2D eigenvalue weighted by atomic mass is 35.5. The molecular formula is C26H18ClN4O4S+. The highest BCUT2D eigenvalue weighted by molar-refractivity contribution is 8.14. The first-order valence-electron chi connectivity index (χ1n) is 10.8.